The lowest BCUT2D eigenvalue weighted by Gasteiger charge is -2.32. The summed E-state index contributed by atoms with van der Waals surface area (Å²) in [5, 5.41) is 14.8. The molecular formula is C17H15ClN4. The maximum Gasteiger partial charge on any atom is 0.143 e. The standard InChI is InChI=1S/C17H15ClN4/c1-2-17(6-4-3-5-7-17)22-16-14-9-15(18)20-11-12(14)8-13(10-19)21-16/h3-6,8-9,11H,2,7H2,1H3,(H,21,22)/t17-/m0/s1. The fourth-order valence-electron chi connectivity index (χ4n) is 2.62. The molecular weight excluding hydrogens is 296 g/mol. The molecule has 0 fully saturated rings. The number of pyridine rings is 2. The van der Waals surface area contributed by atoms with Crippen LogP contribution in [0.3, 0.4) is 0 Å². The Morgan fingerprint density at radius 1 is 1.41 bits per heavy atom. The fourth-order valence-corrected chi connectivity index (χ4v) is 2.78. The van der Waals surface area contributed by atoms with Crippen LogP contribution in [0.25, 0.3) is 10.8 Å². The van der Waals surface area contributed by atoms with Gasteiger partial charge in [0.2, 0.25) is 0 Å². The molecule has 3 rings (SSSR count). The first-order chi connectivity index (χ1) is 10.7. The van der Waals surface area contributed by atoms with Crippen molar-refractivity contribution in [3.05, 3.63) is 53.5 Å². The number of nitriles is 1. The van der Waals surface area contributed by atoms with Gasteiger partial charge in [0.25, 0.3) is 0 Å². The Morgan fingerprint density at radius 2 is 2.27 bits per heavy atom. The van der Waals surface area contributed by atoms with Crippen LogP contribution in [0.2, 0.25) is 5.15 Å². The van der Waals surface area contributed by atoms with E-state index in [1.54, 1.807) is 18.3 Å². The summed E-state index contributed by atoms with van der Waals surface area (Å²) in [7, 11) is 0. The number of hydrogen-bond acceptors (Lipinski definition) is 4. The minimum Gasteiger partial charge on any atom is -0.360 e. The van der Waals surface area contributed by atoms with Crippen molar-refractivity contribution >= 4 is 28.2 Å². The lowest BCUT2D eigenvalue weighted by atomic mass is 9.88. The van der Waals surface area contributed by atoms with Gasteiger partial charge in [0.1, 0.15) is 22.7 Å². The molecule has 1 aliphatic rings. The van der Waals surface area contributed by atoms with Crippen LogP contribution in [0, 0.1) is 11.3 Å². The van der Waals surface area contributed by atoms with E-state index in [-0.39, 0.29) is 5.54 Å². The summed E-state index contributed by atoms with van der Waals surface area (Å²) in [6.45, 7) is 2.13. The molecule has 1 atom stereocenters. The summed E-state index contributed by atoms with van der Waals surface area (Å²) < 4.78 is 0. The van der Waals surface area contributed by atoms with Crippen LogP contribution in [-0.2, 0) is 0 Å². The SMILES string of the molecule is CC[C@]1(Nc2nc(C#N)cc3cnc(Cl)cc23)C=CC=CC1. The third kappa shape index (κ3) is 2.68. The number of fused-ring (bicyclic) bond motifs is 1. The molecule has 0 saturated heterocycles. The molecule has 0 radical (unpaired) electrons. The van der Waals surface area contributed by atoms with Crippen LogP contribution in [0.1, 0.15) is 25.5 Å². The molecule has 0 bridgehead atoms. The maximum atomic E-state index is 9.19. The summed E-state index contributed by atoms with van der Waals surface area (Å²) in [6, 6.07) is 5.60. The first-order valence-corrected chi connectivity index (χ1v) is 7.52. The van der Waals surface area contributed by atoms with Gasteiger partial charge in [-0.25, -0.2) is 9.97 Å². The van der Waals surface area contributed by atoms with Crippen LogP contribution in [-0.4, -0.2) is 15.5 Å². The van der Waals surface area contributed by atoms with Crippen molar-refractivity contribution in [1.82, 2.24) is 9.97 Å². The zero-order valence-electron chi connectivity index (χ0n) is 12.2. The van der Waals surface area contributed by atoms with E-state index in [9.17, 15) is 5.26 Å². The van der Waals surface area contributed by atoms with Gasteiger partial charge < -0.3 is 5.32 Å². The number of nitrogens with zero attached hydrogens (tertiary/aromatic N) is 3. The lowest BCUT2D eigenvalue weighted by molar-refractivity contribution is 0.555. The molecule has 4 nitrogen and oxygen atoms in total. The van der Waals surface area contributed by atoms with Crippen LogP contribution in [0.5, 0.6) is 0 Å². The van der Waals surface area contributed by atoms with Gasteiger partial charge in [-0.05, 0) is 25.0 Å². The summed E-state index contributed by atoms with van der Waals surface area (Å²) in [4.78, 5) is 8.51. The van der Waals surface area contributed by atoms with Crippen LogP contribution in [0.4, 0.5) is 5.82 Å². The van der Waals surface area contributed by atoms with Gasteiger partial charge in [-0.2, -0.15) is 5.26 Å². The second-order valence-electron chi connectivity index (χ2n) is 5.32. The number of hydrogen-bond donors (Lipinski definition) is 1. The molecule has 22 heavy (non-hydrogen) atoms. The van der Waals surface area contributed by atoms with Crippen molar-refractivity contribution in [1.29, 1.82) is 5.26 Å². The fraction of sp³-hybridized carbons (Fsp3) is 0.235. The first kappa shape index (κ1) is 14.6. The van der Waals surface area contributed by atoms with E-state index in [1.807, 2.05) is 12.2 Å². The molecule has 0 spiro atoms. The van der Waals surface area contributed by atoms with E-state index in [2.05, 4.69) is 40.4 Å². The molecule has 0 unspecified atom stereocenters. The van der Waals surface area contributed by atoms with Gasteiger partial charge in [-0.3, -0.25) is 0 Å². The van der Waals surface area contributed by atoms with E-state index < -0.39 is 0 Å². The van der Waals surface area contributed by atoms with E-state index in [0.29, 0.717) is 16.7 Å². The average Bonchev–Trinajstić information content (AvgIpc) is 2.56. The Morgan fingerprint density at radius 3 is 2.95 bits per heavy atom. The predicted octanol–water partition coefficient (Wildman–Crippen LogP) is 4.23. The van der Waals surface area contributed by atoms with Crippen molar-refractivity contribution in [2.45, 2.75) is 25.3 Å². The molecule has 0 amide bonds. The van der Waals surface area contributed by atoms with Crippen molar-refractivity contribution in [2.75, 3.05) is 5.32 Å². The minimum absolute atomic E-state index is 0.196. The highest BCUT2D eigenvalue weighted by Gasteiger charge is 2.26. The van der Waals surface area contributed by atoms with E-state index in [0.717, 1.165) is 23.6 Å². The Hall–Kier alpha value is -2.38. The Bertz CT molecular complexity index is 819. The molecule has 0 saturated carbocycles. The van der Waals surface area contributed by atoms with Crippen molar-refractivity contribution in [2.24, 2.45) is 0 Å². The molecule has 5 heteroatoms. The largest absolute Gasteiger partial charge is 0.360 e. The normalized spacial score (nSPS) is 20.0. The summed E-state index contributed by atoms with van der Waals surface area (Å²) in [5.41, 5.74) is 0.166. The number of allylic oxidation sites excluding steroid dienone is 2. The molecule has 1 aliphatic carbocycles. The van der Waals surface area contributed by atoms with Crippen molar-refractivity contribution in [3.8, 4) is 6.07 Å². The van der Waals surface area contributed by atoms with Crippen LogP contribution >= 0.6 is 11.6 Å². The first-order valence-electron chi connectivity index (χ1n) is 7.15. The van der Waals surface area contributed by atoms with Gasteiger partial charge in [0.15, 0.2) is 0 Å². The minimum atomic E-state index is -0.196. The Labute approximate surface area is 134 Å². The van der Waals surface area contributed by atoms with Gasteiger partial charge in [-0.15, -0.1) is 0 Å². The summed E-state index contributed by atoms with van der Waals surface area (Å²) in [5.74, 6) is 0.667. The molecule has 110 valence electrons. The van der Waals surface area contributed by atoms with Crippen LogP contribution in [0.15, 0.2) is 42.6 Å². The highest BCUT2D eigenvalue weighted by atomic mass is 35.5. The molecule has 0 aromatic carbocycles. The van der Waals surface area contributed by atoms with Crippen LogP contribution < -0.4 is 5.32 Å². The number of nitrogens with one attached hydrogen (secondary N) is 1. The monoisotopic (exact) mass is 310 g/mol. The second-order valence-corrected chi connectivity index (χ2v) is 5.71. The van der Waals surface area contributed by atoms with Gasteiger partial charge in [-0.1, -0.05) is 42.8 Å². The zero-order valence-corrected chi connectivity index (χ0v) is 12.9. The van der Waals surface area contributed by atoms with E-state index in [4.69, 9.17) is 11.6 Å². The smallest absolute Gasteiger partial charge is 0.143 e. The summed E-state index contributed by atoms with van der Waals surface area (Å²) >= 11 is 6.02. The van der Waals surface area contributed by atoms with Gasteiger partial charge in [0, 0.05) is 17.0 Å². The second kappa shape index (κ2) is 5.78. The molecule has 1 N–H and O–H groups in total. The molecule has 2 aromatic heterocycles. The highest BCUT2D eigenvalue weighted by molar-refractivity contribution is 6.30. The third-order valence-corrected chi connectivity index (χ3v) is 4.15. The van der Waals surface area contributed by atoms with Gasteiger partial charge >= 0.3 is 0 Å². The maximum absolute atomic E-state index is 9.19. The predicted molar refractivity (Wildman–Crippen MR) is 88.8 cm³/mol. The summed E-state index contributed by atoms with van der Waals surface area (Å²) in [6.07, 6.45) is 11.8. The number of aromatic nitrogens is 2. The van der Waals surface area contributed by atoms with E-state index >= 15 is 0 Å². The van der Waals surface area contributed by atoms with E-state index in [1.165, 1.54) is 0 Å². The highest BCUT2D eigenvalue weighted by Crippen LogP contribution is 2.31. The average molecular weight is 311 g/mol. The number of rotatable bonds is 3. The lowest BCUT2D eigenvalue weighted by Crippen LogP contribution is -2.36. The molecule has 2 aromatic rings. The molecule has 2 heterocycles. The van der Waals surface area contributed by atoms with Gasteiger partial charge in [0.05, 0.1) is 5.54 Å². The Kier molecular flexibility index (Phi) is 3.82. The topological polar surface area (TPSA) is 61.6 Å². The number of halogens is 1. The van der Waals surface area contributed by atoms with Crippen molar-refractivity contribution in [3.63, 3.8) is 0 Å². The molecule has 0 aliphatic heterocycles. The third-order valence-electron chi connectivity index (χ3n) is 3.94. The van der Waals surface area contributed by atoms with Crippen molar-refractivity contribution < 1.29 is 0 Å². The number of anilines is 1. The Balaban J connectivity index is 2.13. The quantitative estimate of drug-likeness (QED) is 0.862. The zero-order chi connectivity index (χ0) is 15.6.